The lowest BCUT2D eigenvalue weighted by molar-refractivity contribution is -0.139. The molecule has 33 heavy (non-hydrogen) atoms. The Balaban J connectivity index is 4.78. The van der Waals surface area contributed by atoms with Crippen LogP contribution in [0.1, 0.15) is 108 Å². The van der Waals surface area contributed by atoms with E-state index >= 15 is 0 Å². The van der Waals surface area contributed by atoms with E-state index in [9.17, 15) is 4.79 Å². The first kappa shape index (κ1) is 32.8. The molecular formula is C29H60O3S. The summed E-state index contributed by atoms with van der Waals surface area (Å²) in [5, 5.41) is 0. The molecule has 0 rings (SSSR count). The van der Waals surface area contributed by atoms with E-state index in [4.69, 9.17) is 9.47 Å². The van der Waals surface area contributed by atoms with Gasteiger partial charge < -0.3 is 9.47 Å². The Labute approximate surface area is 209 Å². The molecule has 0 aromatic heterocycles. The average Bonchev–Trinajstić information content (AvgIpc) is 2.66. The van der Waals surface area contributed by atoms with Crippen LogP contribution in [0.15, 0.2) is 0 Å². The summed E-state index contributed by atoms with van der Waals surface area (Å²) in [6.07, 6.45) is 6.13. The van der Waals surface area contributed by atoms with E-state index in [-0.39, 0.29) is 5.97 Å². The summed E-state index contributed by atoms with van der Waals surface area (Å²) in [7, 11) is -0.928. The largest absolute Gasteiger partial charge is 0.465 e. The molecule has 0 radical (unpaired) electrons. The van der Waals surface area contributed by atoms with Gasteiger partial charge in [-0.2, -0.15) is 0 Å². The SMILES string of the molecule is CCOC(=O)CS(CC)(CC)CCCOCC(CCC(C)CC(C)(C)C)C(C)CC(C)(C)C. The van der Waals surface area contributed by atoms with Crippen molar-refractivity contribution in [2.75, 3.05) is 42.8 Å². The van der Waals surface area contributed by atoms with Crippen LogP contribution < -0.4 is 0 Å². The number of carbonyl (C=O) groups excluding carboxylic acids is 1. The van der Waals surface area contributed by atoms with Gasteiger partial charge >= 0.3 is 5.97 Å². The topological polar surface area (TPSA) is 35.5 Å². The molecule has 0 aromatic carbocycles. The number of rotatable bonds is 17. The third-order valence-electron chi connectivity index (χ3n) is 6.88. The van der Waals surface area contributed by atoms with Crippen LogP contribution in [-0.2, 0) is 14.3 Å². The molecule has 0 amide bonds. The van der Waals surface area contributed by atoms with Gasteiger partial charge in [-0.05, 0) is 78.4 Å². The van der Waals surface area contributed by atoms with E-state index < -0.39 is 10.0 Å². The van der Waals surface area contributed by atoms with Gasteiger partial charge in [0.25, 0.3) is 0 Å². The van der Waals surface area contributed by atoms with Crippen molar-refractivity contribution in [3.63, 3.8) is 0 Å². The van der Waals surface area contributed by atoms with E-state index in [1.807, 2.05) is 6.92 Å². The van der Waals surface area contributed by atoms with Crippen molar-refractivity contribution in [2.24, 2.45) is 28.6 Å². The fraction of sp³-hybridized carbons (Fsp3) is 0.966. The Bertz CT molecular complexity index is 514. The zero-order valence-corrected chi connectivity index (χ0v) is 25.2. The molecule has 0 heterocycles. The number of esters is 1. The molecule has 0 aliphatic rings. The second-order valence-electron chi connectivity index (χ2n) is 12.8. The van der Waals surface area contributed by atoms with Crippen LogP contribution in [0.4, 0.5) is 0 Å². The Kier molecular flexibility index (Phi) is 15.6. The van der Waals surface area contributed by atoms with Crippen LogP contribution in [-0.4, -0.2) is 48.8 Å². The zero-order chi connectivity index (χ0) is 25.7. The van der Waals surface area contributed by atoms with Crippen LogP contribution in [0.3, 0.4) is 0 Å². The van der Waals surface area contributed by atoms with Gasteiger partial charge in [0.1, 0.15) is 0 Å². The predicted octanol–water partition coefficient (Wildman–Crippen LogP) is 8.34. The van der Waals surface area contributed by atoms with Gasteiger partial charge in [0.2, 0.25) is 0 Å². The molecule has 0 spiro atoms. The molecule has 0 saturated heterocycles. The average molecular weight is 489 g/mol. The fourth-order valence-corrected chi connectivity index (χ4v) is 8.09. The molecule has 0 saturated carbocycles. The molecule has 3 unspecified atom stereocenters. The maximum Gasteiger partial charge on any atom is 0.314 e. The summed E-state index contributed by atoms with van der Waals surface area (Å²) >= 11 is 0. The van der Waals surface area contributed by atoms with Crippen LogP contribution in [0, 0.1) is 28.6 Å². The van der Waals surface area contributed by atoms with Gasteiger partial charge in [-0.15, -0.1) is 0 Å². The summed E-state index contributed by atoms with van der Waals surface area (Å²) in [6.45, 7) is 27.5. The van der Waals surface area contributed by atoms with E-state index in [2.05, 4.69) is 69.2 Å². The summed E-state index contributed by atoms with van der Waals surface area (Å²) in [5.41, 5.74) is 0.756. The molecule has 0 aromatic rings. The lowest BCUT2D eigenvalue weighted by Crippen LogP contribution is -2.25. The smallest absolute Gasteiger partial charge is 0.314 e. The fourth-order valence-electron chi connectivity index (χ4n) is 5.23. The predicted molar refractivity (Wildman–Crippen MR) is 150 cm³/mol. The molecule has 0 fully saturated rings. The molecule has 0 N–H and O–H groups in total. The summed E-state index contributed by atoms with van der Waals surface area (Å²) < 4.78 is 11.6. The Hall–Kier alpha value is -0.220. The van der Waals surface area contributed by atoms with E-state index in [0.29, 0.717) is 35.0 Å². The Morgan fingerprint density at radius 3 is 1.94 bits per heavy atom. The third kappa shape index (κ3) is 16.1. The van der Waals surface area contributed by atoms with E-state index in [0.717, 1.165) is 42.8 Å². The van der Waals surface area contributed by atoms with Gasteiger partial charge in [-0.1, -0.05) is 75.7 Å². The number of hydrogen-bond acceptors (Lipinski definition) is 3. The number of ether oxygens (including phenoxy) is 2. The highest BCUT2D eigenvalue weighted by Crippen LogP contribution is 2.47. The molecular weight excluding hydrogens is 428 g/mol. The lowest BCUT2D eigenvalue weighted by atomic mass is 9.76. The van der Waals surface area contributed by atoms with Crippen LogP contribution in [0.5, 0.6) is 0 Å². The maximum absolute atomic E-state index is 12.1. The minimum absolute atomic E-state index is 0.0161. The van der Waals surface area contributed by atoms with Crippen molar-refractivity contribution >= 4 is 16.0 Å². The lowest BCUT2D eigenvalue weighted by Gasteiger charge is -2.37. The second-order valence-corrected chi connectivity index (χ2v) is 17.1. The zero-order valence-electron chi connectivity index (χ0n) is 24.4. The quantitative estimate of drug-likeness (QED) is 0.152. The summed E-state index contributed by atoms with van der Waals surface area (Å²) in [6, 6.07) is 0. The van der Waals surface area contributed by atoms with Gasteiger partial charge in [0, 0.05) is 13.2 Å². The molecule has 3 atom stereocenters. The normalized spacial score (nSPS) is 16.3. The highest BCUT2D eigenvalue weighted by atomic mass is 32.3. The van der Waals surface area contributed by atoms with Gasteiger partial charge in [0.05, 0.1) is 12.4 Å². The Morgan fingerprint density at radius 1 is 0.879 bits per heavy atom. The first-order valence-electron chi connectivity index (χ1n) is 13.6. The standard InChI is InChI=1S/C29H60O3S/c1-12-32-27(30)23-33(13-2,14-3)19-15-18-31-22-26(25(5)21-29(9,10)11)17-16-24(4)20-28(6,7)8/h24-26H,12-23H2,1-11H3. The summed E-state index contributed by atoms with van der Waals surface area (Å²) in [4.78, 5) is 12.1. The van der Waals surface area contributed by atoms with Gasteiger partial charge in [-0.3, -0.25) is 4.79 Å². The molecule has 200 valence electrons. The Morgan fingerprint density at radius 2 is 1.45 bits per heavy atom. The molecule has 3 nitrogen and oxygen atoms in total. The van der Waals surface area contributed by atoms with Crippen LogP contribution >= 0.6 is 10.0 Å². The van der Waals surface area contributed by atoms with E-state index in [1.165, 1.54) is 25.7 Å². The summed E-state index contributed by atoms with van der Waals surface area (Å²) in [5.74, 6) is 5.97. The monoisotopic (exact) mass is 488 g/mol. The van der Waals surface area contributed by atoms with Gasteiger partial charge in [-0.25, -0.2) is 10.0 Å². The second kappa shape index (κ2) is 15.7. The number of carbonyl (C=O) groups is 1. The highest BCUT2D eigenvalue weighted by molar-refractivity contribution is 8.34. The highest BCUT2D eigenvalue weighted by Gasteiger charge is 2.26. The van der Waals surface area contributed by atoms with Crippen molar-refractivity contribution in [3.8, 4) is 0 Å². The van der Waals surface area contributed by atoms with Crippen molar-refractivity contribution in [3.05, 3.63) is 0 Å². The van der Waals surface area contributed by atoms with Gasteiger partial charge in [0.15, 0.2) is 0 Å². The van der Waals surface area contributed by atoms with Crippen LogP contribution in [0.25, 0.3) is 0 Å². The number of hydrogen-bond donors (Lipinski definition) is 0. The van der Waals surface area contributed by atoms with Crippen molar-refractivity contribution in [1.29, 1.82) is 0 Å². The van der Waals surface area contributed by atoms with Crippen molar-refractivity contribution in [2.45, 2.75) is 108 Å². The van der Waals surface area contributed by atoms with E-state index in [1.54, 1.807) is 0 Å². The molecule has 0 aliphatic heterocycles. The van der Waals surface area contributed by atoms with Crippen LogP contribution in [0.2, 0.25) is 0 Å². The third-order valence-corrected chi connectivity index (χ3v) is 11.3. The van der Waals surface area contributed by atoms with Crippen molar-refractivity contribution < 1.29 is 14.3 Å². The van der Waals surface area contributed by atoms with Crippen molar-refractivity contribution in [1.82, 2.24) is 0 Å². The minimum Gasteiger partial charge on any atom is -0.465 e. The molecule has 4 heteroatoms. The minimum atomic E-state index is -0.928. The first-order valence-corrected chi connectivity index (χ1v) is 15.9. The molecule has 0 bridgehead atoms. The maximum atomic E-state index is 12.1. The molecule has 0 aliphatic carbocycles. The first-order chi connectivity index (χ1) is 15.2.